The van der Waals surface area contributed by atoms with Gasteiger partial charge in [0, 0.05) is 100 Å². The topological polar surface area (TPSA) is 354 Å². The van der Waals surface area contributed by atoms with E-state index >= 15 is 0 Å². The first-order chi connectivity index (χ1) is 29.0. The fraction of sp³-hybridized carbons (Fsp3) is 0.452. The van der Waals surface area contributed by atoms with E-state index in [0.717, 1.165) is 0 Å². The summed E-state index contributed by atoms with van der Waals surface area (Å²) < 4.78 is 0. The first-order valence-electron chi connectivity index (χ1n) is 19.7. The van der Waals surface area contributed by atoms with E-state index in [2.05, 4.69) is 15.3 Å². The van der Waals surface area contributed by atoms with Crippen LogP contribution in [-0.2, 0) is 70.5 Å². The zero-order valence-electron chi connectivity index (χ0n) is 33.9. The Hall–Kier alpha value is -6.99. The zero-order valence-corrected chi connectivity index (χ0v) is 33.9. The number of H-pyrrole nitrogens is 2. The molecule has 4 atom stereocenters. The molecule has 5 heterocycles. The van der Waals surface area contributed by atoms with E-state index in [1.54, 1.807) is 13.8 Å². The summed E-state index contributed by atoms with van der Waals surface area (Å²) in [6.07, 6.45) is -0.580. The molecular formula is C42H48N4O16. The number of nitrogens with one attached hydrogen (secondary N) is 3. The van der Waals surface area contributed by atoms with Crippen LogP contribution in [0.4, 0.5) is 0 Å². The minimum absolute atomic E-state index is 0.109. The molecule has 62 heavy (non-hydrogen) atoms. The molecule has 0 radical (unpaired) electrons. The second-order valence-electron chi connectivity index (χ2n) is 16.3. The molecule has 2 aromatic rings. The van der Waals surface area contributed by atoms with Gasteiger partial charge >= 0.3 is 47.8 Å². The average Bonchev–Trinajstić information content (AvgIpc) is 3.77. The number of nitrogens with zero attached hydrogens (tertiary/aromatic N) is 1. The highest BCUT2D eigenvalue weighted by atomic mass is 18.3. The number of hydrogen-bond donors (Lipinski definition) is 11. The molecule has 1 fully saturated rings. The van der Waals surface area contributed by atoms with Crippen LogP contribution in [-0.4, -0.2) is 104 Å². The number of carboxylic acid groups (broad SMARTS) is 8. The van der Waals surface area contributed by atoms with Crippen molar-refractivity contribution >= 4 is 65.6 Å². The summed E-state index contributed by atoms with van der Waals surface area (Å²) in [4.78, 5) is 109. The van der Waals surface area contributed by atoms with Gasteiger partial charge < -0.3 is 56.1 Å². The first-order valence-corrected chi connectivity index (χ1v) is 19.7. The van der Waals surface area contributed by atoms with E-state index in [1.165, 1.54) is 18.2 Å². The summed E-state index contributed by atoms with van der Waals surface area (Å²) in [5, 5.41) is 83.0. The average molecular weight is 905 g/mol. The number of carbonyl (C=O) groups is 8. The van der Waals surface area contributed by atoms with Crippen molar-refractivity contribution in [3.63, 3.8) is 0 Å². The van der Waals surface area contributed by atoms with Gasteiger partial charge in [-0.15, -0.1) is 0 Å². The fourth-order valence-electron chi connectivity index (χ4n) is 9.22. The molecule has 20 heteroatoms. The maximum absolute atomic E-state index is 12.6. The summed E-state index contributed by atoms with van der Waals surface area (Å²) >= 11 is 0. The summed E-state index contributed by atoms with van der Waals surface area (Å²) in [6, 6.07) is 0. The molecule has 332 valence electrons. The Balaban J connectivity index is 1.97. The zero-order chi connectivity index (χ0) is 45.8. The van der Waals surface area contributed by atoms with E-state index in [-0.39, 0.29) is 99.9 Å². The van der Waals surface area contributed by atoms with E-state index in [9.17, 15) is 79.2 Å². The van der Waals surface area contributed by atoms with Crippen LogP contribution < -0.4 is 5.32 Å². The van der Waals surface area contributed by atoms with Crippen molar-refractivity contribution in [2.45, 2.75) is 97.3 Å². The number of rotatable bonds is 20. The van der Waals surface area contributed by atoms with Crippen molar-refractivity contribution in [2.24, 2.45) is 27.7 Å². The molecule has 5 rings (SSSR count). The van der Waals surface area contributed by atoms with E-state index in [1.807, 2.05) is 0 Å². The van der Waals surface area contributed by atoms with Gasteiger partial charge in [-0.25, -0.2) is 0 Å². The van der Waals surface area contributed by atoms with Gasteiger partial charge in [-0.05, 0) is 66.2 Å². The number of aliphatic carboxylic acids is 8. The molecular weight excluding hydrogens is 856 g/mol. The summed E-state index contributed by atoms with van der Waals surface area (Å²) in [5.41, 5.74) is -0.495. The van der Waals surface area contributed by atoms with Crippen molar-refractivity contribution < 1.29 is 79.2 Å². The summed E-state index contributed by atoms with van der Waals surface area (Å²) in [5.74, 6) is -11.8. The van der Waals surface area contributed by atoms with Crippen LogP contribution in [0.5, 0.6) is 0 Å². The normalized spacial score (nSPS) is 24.0. The number of hydrogen-bond acceptors (Lipinski definition) is 10. The first kappa shape index (κ1) is 46.1. The highest BCUT2D eigenvalue weighted by Gasteiger charge is 2.51. The van der Waals surface area contributed by atoms with E-state index in [0.29, 0.717) is 0 Å². The molecule has 1 saturated heterocycles. The minimum Gasteiger partial charge on any atom is -0.481 e. The van der Waals surface area contributed by atoms with Crippen LogP contribution in [0.1, 0.15) is 110 Å². The monoisotopic (exact) mass is 904 g/mol. The van der Waals surface area contributed by atoms with Crippen LogP contribution in [0.25, 0.3) is 12.2 Å². The second kappa shape index (κ2) is 18.3. The van der Waals surface area contributed by atoms with Gasteiger partial charge in [-0.3, -0.25) is 43.3 Å². The number of fused-ring (bicyclic) bond motifs is 7. The van der Waals surface area contributed by atoms with Crippen molar-refractivity contribution in [1.82, 2.24) is 15.3 Å². The molecule has 11 N–H and O–H groups in total. The number of allylic oxidation sites excluding steroid dienone is 4. The Morgan fingerprint density at radius 3 is 1.47 bits per heavy atom. The van der Waals surface area contributed by atoms with Crippen molar-refractivity contribution in [2.75, 3.05) is 0 Å². The third-order valence-electron chi connectivity index (χ3n) is 12.1. The predicted molar refractivity (Wildman–Crippen MR) is 215 cm³/mol. The lowest BCUT2D eigenvalue weighted by atomic mass is 9.70. The molecule has 2 aromatic heterocycles. The third kappa shape index (κ3) is 10.1. The van der Waals surface area contributed by atoms with Gasteiger partial charge in [0.25, 0.3) is 0 Å². The third-order valence-corrected chi connectivity index (χ3v) is 12.1. The lowest BCUT2D eigenvalue weighted by molar-refractivity contribution is -0.140. The van der Waals surface area contributed by atoms with Crippen LogP contribution in [0.15, 0.2) is 28.2 Å². The smallest absolute Gasteiger partial charge is 0.307 e. The quantitative estimate of drug-likeness (QED) is 0.0665. The molecule has 3 aliphatic heterocycles. The molecule has 0 spiro atoms. The van der Waals surface area contributed by atoms with Crippen LogP contribution in [0.2, 0.25) is 0 Å². The van der Waals surface area contributed by atoms with Crippen molar-refractivity contribution in [3.8, 4) is 0 Å². The van der Waals surface area contributed by atoms with E-state index < -0.39 is 122 Å². The molecule has 0 aliphatic carbocycles. The van der Waals surface area contributed by atoms with Gasteiger partial charge in [0.05, 0.1) is 25.7 Å². The largest absolute Gasteiger partial charge is 0.481 e. The number of aromatic amines is 2. The lowest BCUT2D eigenvalue weighted by Crippen LogP contribution is -2.34. The van der Waals surface area contributed by atoms with Gasteiger partial charge in [0.15, 0.2) is 0 Å². The molecule has 0 unspecified atom stereocenters. The van der Waals surface area contributed by atoms with Gasteiger partial charge in [-0.1, -0.05) is 13.8 Å². The second-order valence-corrected chi connectivity index (χ2v) is 16.3. The van der Waals surface area contributed by atoms with Gasteiger partial charge in [0.2, 0.25) is 0 Å². The molecule has 8 bridgehead atoms. The standard InChI is InChI=1S/C42H48N4O16/c1-41(17-39(59)60)23(5-9-35(51)52)29-14-27-21(11-37(55)56)19(3-7-33(47)48)25(43-27)13-26-20(4-8-34(49)50)22(12-38(57)58)28(44-26)15-31-42(2,18-40(61)62)24(6-10-36(53)54)30(46-31)16-32(41)45-29/h14-16,23-24,43-44,46H,3-13,17-18H2,1-2H3,(H,47,48)(H,49,50)(H,51,52)(H,53,54)(H,55,56)(H,57,58)(H,59,60)(H,61,62)/b29-14-,30-16-,31-15-/t23-,24-,41+,42+/m1/s1/i33+1,34+1,35+1,36+1,37+1,38+1,39+1,40+1,47+2,48+2,49+2,50+2,51+2,52+2,53+2,54+2,55+2,56+2,57+2,58+2,59+2,60+2,61+2,62+2. The van der Waals surface area contributed by atoms with Crippen LogP contribution in [0.3, 0.4) is 0 Å². The Morgan fingerprint density at radius 1 is 0.565 bits per heavy atom. The maximum atomic E-state index is 12.6. The fourth-order valence-corrected chi connectivity index (χ4v) is 9.22. The SMILES string of the molecule is C[C@@]1(C[13C](=[18O])[18OH])C2=NC(=C\c3[nH]c(c(CC[13C](=[18O])[18OH])c3C[13C](=[18O])[18OH])Cc3[nH]c(c(C[13C](=[18O])[18OH])c3CC[13C](=[18O])[18OH])/C=C3\N/C(=C\2)[C@@H](CC[13C](=[18O])[18OH])[C@]3(C)C[13C](=[18O])[18OH])/[C@H]1CC[13C](=[18O])[18OH]. The number of carboxylic acids is 8. The molecule has 0 saturated carbocycles. The Kier molecular flexibility index (Phi) is 13.6. The van der Waals surface area contributed by atoms with Crippen molar-refractivity contribution in [3.05, 3.63) is 68.2 Å². The maximum Gasteiger partial charge on any atom is 0.307 e. The highest BCUT2D eigenvalue weighted by Crippen LogP contribution is 2.53. The molecule has 20 nitrogen and oxygen atoms in total. The lowest BCUT2D eigenvalue weighted by Gasteiger charge is -2.32. The van der Waals surface area contributed by atoms with Gasteiger partial charge in [-0.2, -0.15) is 0 Å². The van der Waals surface area contributed by atoms with Crippen LogP contribution >= 0.6 is 0 Å². The van der Waals surface area contributed by atoms with Crippen molar-refractivity contribution in [1.29, 1.82) is 0 Å². The predicted octanol–water partition coefficient (Wildman–Crippen LogP) is 3.78. The summed E-state index contributed by atoms with van der Waals surface area (Å²) in [6.45, 7) is 3.15. The van der Waals surface area contributed by atoms with Crippen LogP contribution in [0, 0.1) is 22.7 Å². The Labute approximate surface area is 352 Å². The summed E-state index contributed by atoms with van der Waals surface area (Å²) in [7, 11) is 0. The molecule has 3 aliphatic rings. The molecule has 0 aromatic carbocycles. The minimum atomic E-state index is -1.46. The molecule has 0 amide bonds. The van der Waals surface area contributed by atoms with Gasteiger partial charge in [0.1, 0.15) is 0 Å². The van der Waals surface area contributed by atoms with E-state index in [4.69, 9.17) is 4.99 Å². The number of aliphatic imine (C=N–C) groups is 1. The Bertz CT molecular complexity index is 2360. The highest BCUT2D eigenvalue weighted by molar-refractivity contribution is 6.05. The number of aromatic nitrogens is 2. The Morgan fingerprint density at radius 2 is 1.02 bits per heavy atom.